The van der Waals surface area contributed by atoms with E-state index in [1.165, 1.54) is 10.7 Å². The van der Waals surface area contributed by atoms with Gasteiger partial charge in [-0.25, -0.2) is 4.68 Å². The zero-order valence-electron chi connectivity index (χ0n) is 14.7. The van der Waals surface area contributed by atoms with Crippen LogP contribution in [0.15, 0.2) is 71.8 Å². The molecule has 3 aromatic rings. The molecule has 1 unspecified atom stereocenters. The molecule has 0 aliphatic rings. The number of benzene rings is 1. The molecule has 6 heteroatoms. The van der Waals surface area contributed by atoms with E-state index in [4.69, 9.17) is 0 Å². The van der Waals surface area contributed by atoms with Gasteiger partial charge in [-0.3, -0.25) is 14.6 Å². The third-order valence-corrected chi connectivity index (χ3v) is 4.15. The Kier molecular flexibility index (Phi) is 5.22. The van der Waals surface area contributed by atoms with Gasteiger partial charge in [0.1, 0.15) is 6.04 Å². The second-order valence-electron chi connectivity index (χ2n) is 6.10. The van der Waals surface area contributed by atoms with E-state index in [0.29, 0.717) is 12.2 Å². The fourth-order valence-corrected chi connectivity index (χ4v) is 2.73. The van der Waals surface area contributed by atoms with Gasteiger partial charge in [0.05, 0.1) is 5.69 Å². The Morgan fingerprint density at radius 2 is 1.88 bits per heavy atom. The van der Waals surface area contributed by atoms with Crippen molar-refractivity contribution in [2.45, 2.75) is 19.5 Å². The zero-order valence-corrected chi connectivity index (χ0v) is 14.7. The van der Waals surface area contributed by atoms with E-state index in [0.717, 1.165) is 11.1 Å². The lowest BCUT2D eigenvalue weighted by Crippen LogP contribution is -2.37. The molecular formula is C20H20N4O2. The van der Waals surface area contributed by atoms with Gasteiger partial charge in [-0.2, -0.15) is 5.10 Å². The van der Waals surface area contributed by atoms with E-state index in [1.807, 2.05) is 36.4 Å². The van der Waals surface area contributed by atoms with Gasteiger partial charge < -0.3 is 4.90 Å². The average Bonchev–Trinajstić information content (AvgIpc) is 2.68. The molecule has 0 saturated carbocycles. The highest BCUT2D eigenvalue weighted by Gasteiger charge is 2.21. The molecule has 1 atom stereocenters. The standard InChI is InChI=1S/C20H20N4O2/c1-15(20(26)23(2)14-16-7-4-3-5-8-16)24-19(25)11-10-18(22-24)17-9-6-12-21-13-17/h3-13,15H,14H2,1-2H3. The minimum atomic E-state index is -0.701. The Bertz CT molecular complexity index is 939. The molecule has 3 rings (SSSR count). The van der Waals surface area contributed by atoms with E-state index in [2.05, 4.69) is 10.1 Å². The molecule has 132 valence electrons. The summed E-state index contributed by atoms with van der Waals surface area (Å²) in [6.45, 7) is 2.16. The summed E-state index contributed by atoms with van der Waals surface area (Å²) in [5, 5.41) is 4.37. The smallest absolute Gasteiger partial charge is 0.267 e. The molecular weight excluding hydrogens is 328 g/mol. The van der Waals surface area contributed by atoms with Crippen molar-refractivity contribution in [1.82, 2.24) is 19.7 Å². The summed E-state index contributed by atoms with van der Waals surface area (Å²) >= 11 is 0. The van der Waals surface area contributed by atoms with Crippen molar-refractivity contribution in [2.75, 3.05) is 7.05 Å². The lowest BCUT2D eigenvalue weighted by molar-refractivity contribution is -0.133. The van der Waals surface area contributed by atoms with Crippen molar-refractivity contribution in [3.8, 4) is 11.3 Å². The Morgan fingerprint density at radius 1 is 1.12 bits per heavy atom. The maximum atomic E-state index is 12.8. The molecule has 26 heavy (non-hydrogen) atoms. The highest BCUT2D eigenvalue weighted by atomic mass is 16.2. The first-order chi connectivity index (χ1) is 12.6. The number of likely N-dealkylation sites (N-methyl/N-ethyl adjacent to an activating group) is 1. The molecule has 0 spiro atoms. The number of carbonyl (C=O) groups is 1. The third-order valence-electron chi connectivity index (χ3n) is 4.15. The van der Waals surface area contributed by atoms with Crippen LogP contribution in [-0.2, 0) is 11.3 Å². The number of pyridine rings is 1. The van der Waals surface area contributed by atoms with Crippen LogP contribution in [0, 0.1) is 0 Å². The molecule has 0 saturated heterocycles. The van der Waals surface area contributed by atoms with Gasteiger partial charge in [-0.15, -0.1) is 0 Å². The van der Waals surface area contributed by atoms with Crippen LogP contribution < -0.4 is 5.56 Å². The first-order valence-corrected chi connectivity index (χ1v) is 8.35. The average molecular weight is 348 g/mol. The number of hydrogen-bond donors (Lipinski definition) is 0. The van der Waals surface area contributed by atoms with Gasteiger partial charge in [0.15, 0.2) is 0 Å². The number of rotatable bonds is 5. The summed E-state index contributed by atoms with van der Waals surface area (Å²) in [5.41, 5.74) is 2.10. The van der Waals surface area contributed by atoms with Gasteiger partial charge >= 0.3 is 0 Å². The van der Waals surface area contributed by atoms with Crippen LogP contribution in [0.5, 0.6) is 0 Å². The lowest BCUT2D eigenvalue weighted by atomic mass is 10.2. The Labute approximate surface area is 151 Å². The summed E-state index contributed by atoms with van der Waals surface area (Å²) in [4.78, 5) is 30.7. The maximum absolute atomic E-state index is 12.8. The van der Waals surface area contributed by atoms with Gasteiger partial charge in [0.25, 0.3) is 5.56 Å². The van der Waals surface area contributed by atoms with Crippen LogP contribution in [0.4, 0.5) is 0 Å². The maximum Gasteiger partial charge on any atom is 0.267 e. The van der Waals surface area contributed by atoms with E-state index in [9.17, 15) is 9.59 Å². The predicted molar refractivity (Wildman–Crippen MR) is 99.4 cm³/mol. The lowest BCUT2D eigenvalue weighted by Gasteiger charge is -2.22. The highest BCUT2D eigenvalue weighted by Crippen LogP contribution is 2.15. The monoisotopic (exact) mass is 348 g/mol. The molecule has 0 N–H and O–H groups in total. The van der Waals surface area contributed by atoms with Crippen molar-refractivity contribution in [3.05, 3.63) is 82.9 Å². The molecule has 1 amide bonds. The normalized spacial score (nSPS) is 11.8. The fourth-order valence-electron chi connectivity index (χ4n) is 2.73. The molecule has 0 aliphatic carbocycles. The summed E-state index contributed by atoms with van der Waals surface area (Å²) in [5.74, 6) is -0.174. The van der Waals surface area contributed by atoms with E-state index >= 15 is 0 Å². The van der Waals surface area contributed by atoms with E-state index in [-0.39, 0.29) is 11.5 Å². The van der Waals surface area contributed by atoms with Crippen LogP contribution in [0.2, 0.25) is 0 Å². The van der Waals surface area contributed by atoms with Crippen LogP contribution in [0.25, 0.3) is 11.3 Å². The van der Waals surface area contributed by atoms with E-state index < -0.39 is 6.04 Å². The summed E-state index contributed by atoms with van der Waals surface area (Å²) < 4.78 is 1.23. The molecule has 1 aromatic carbocycles. The molecule has 0 bridgehead atoms. The highest BCUT2D eigenvalue weighted by molar-refractivity contribution is 5.79. The Hall–Kier alpha value is -3.28. The fraction of sp³-hybridized carbons (Fsp3) is 0.200. The Balaban J connectivity index is 1.83. The summed E-state index contributed by atoms with van der Waals surface area (Å²) in [6.07, 6.45) is 3.34. The van der Waals surface area contributed by atoms with Crippen molar-refractivity contribution in [2.24, 2.45) is 0 Å². The van der Waals surface area contributed by atoms with Gasteiger partial charge in [0.2, 0.25) is 5.91 Å². The number of aromatic nitrogens is 3. The van der Waals surface area contributed by atoms with E-state index in [1.54, 1.807) is 43.4 Å². The molecule has 0 aliphatic heterocycles. The first kappa shape index (κ1) is 17.5. The number of nitrogens with zero attached hydrogens (tertiary/aromatic N) is 4. The van der Waals surface area contributed by atoms with Crippen molar-refractivity contribution in [3.63, 3.8) is 0 Å². The SMILES string of the molecule is CC(C(=O)N(C)Cc1ccccc1)n1nc(-c2cccnc2)ccc1=O. The molecule has 0 radical (unpaired) electrons. The van der Waals surface area contributed by atoms with Crippen LogP contribution in [0.1, 0.15) is 18.5 Å². The summed E-state index contributed by atoms with van der Waals surface area (Å²) in [6, 6.07) is 15.7. The number of hydrogen-bond acceptors (Lipinski definition) is 4. The minimum Gasteiger partial charge on any atom is -0.340 e. The van der Waals surface area contributed by atoms with Gasteiger partial charge in [-0.05, 0) is 30.7 Å². The molecule has 2 heterocycles. The van der Waals surface area contributed by atoms with Gasteiger partial charge in [0, 0.05) is 37.6 Å². The van der Waals surface area contributed by atoms with Crippen LogP contribution in [-0.4, -0.2) is 32.6 Å². The molecule has 0 fully saturated rings. The predicted octanol–water partition coefficient (Wildman–Crippen LogP) is 2.52. The largest absolute Gasteiger partial charge is 0.340 e. The quantitative estimate of drug-likeness (QED) is 0.710. The summed E-state index contributed by atoms with van der Waals surface area (Å²) in [7, 11) is 1.72. The minimum absolute atomic E-state index is 0.174. The first-order valence-electron chi connectivity index (χ1n) is 8.35. The van der Waals surface area contributed by atoms with Crippen LogP contribution in [0.3, 0.4) is 0 Å². The Morgan fingerprint density at radius 3 is 2.58 bits per heavy atom. The topological polar surface area (TPSA) is 68.1 Å². The van der Waals surface area contributed by atoms with Crippen molar-refractivity contribution in [1.29, 1.82) is 0 Å². The third kappa shape index (κ3) is 3.85. The number of carbonyl (C=O) groups excluding carboxylic acids is 1. The molecule has 2 aromatic heterocycles. The van der Waals surface area contributed by atoms with Crippen molar-refractivity contribution >= 4 is 5.91 Å². The zero-order chi connectivity index (χ0) is 18.5. The molecule has 6 nitrogen and oxygen atoms in total. The van der Waals surface area contributed by atoms with Crippen molar-refractivity contribution < 1.29 is 4.79 Å². The number of amides is 1. The van der Waals surface area contributed by atoms with Gasteiger partial charge in [-0.1, -0.05) is 30.3 Å². The van der Waals surface area contributed by atoms with Crippen LogP contribution >= 0.6 is 0 Å². The second-order valence-corrected chi connectivity index (χ2v) is 6.10. The second kappa shape index (κ2) is 7.74.